The number of carbonyl (C=O) groups excluding carboxylic acids is 1. The zero-order chi connectivity index (χ0) is 15.7. The molecule has 0 N–H and O–H groups in total. The molecule has 21 heavy (non-hydrogen) atoms. The fourth-order valence-electron chi connectivity index (χ4n) is 1.82. The van der Waals surface area contributed by atoms with Crippen LogP contribution in [0, 0.1) is 0 Å². The first-order valence-corrected chi connectivity index (χ1v) is 7.12. The highest BCUT2D eigenvalue weighted by atomic mass is 16.6. The molecule has 1 rings (SSSR count). The van der Waals surface area contributed by atoms with Crippen molar-refractivity contribution in [3.63, 3.8) is 0 Å². The Balaban J connectivity index is 2.56. The Morgan fingerprint density at radius 1 is 1.29 bits per heavy atom. The second-order valence-corrected chi connectivity index (χ2v) is 4.87. The number of benzene rings is 1. The number of carbonyl (C=O) groups is 1. The molecule has 0 aliphatic rings. The Morgan fingerprint density at radius 3 is 2.48 bits per heavy atom. The highest BCUT2D eigenvalue weighted by Crippen LogP contribution is 2.15. The Bertz CT molecular complexity index is 450. The number of esters is 1. The molecule has 0 aliphatic heterocycles. The van der Waals surface area contributed by atoms with Crippen LogP contribution in [0.2, 0.25) is 0 Å². The summed E-state index contributed by atoms with van der Waals surface area (Å²) in [5, 5.41) is 0. The molecule has 0 spiro atoms. The summed E-state index contributed by atoms with van der Waals surface area (Å²) in [4.78, 5) is 11.6. The van der Waals surface area contributed by atoms with Gasteiger partial charge in [-0.25, -0.2) is 4.79 Å². The summed E-state index contributed by atoms with van der Waals surface area (Å²) >= 11 is 0. The standard InChI is InChI=1S/C17H24O4/c1-5-20-16(17(18)19-4)12-14-6-8-15(9-7-14)21-11-10-13(2)3/h6-9,16H,2,5,10-12H2,1,3-4H3. The number of ether oxygens (including phenoxy) is 3. The fourth-order valence-corrected chi connectivity index (χ4v) is 1.82. The molecule has 1 aromatic rings. The summed E-state index contributed by atoms with van der Waals surface area (Å²) < 4.78 is 15.8. The minimum atomic E-state index is -0.560. The summed E-state index contributed by atoms with van der Waals surface area (Å²) in [5.74, 6) is 0.463. The van der Waals surface area contributed by atoms with Crippen molar-refractivity contribution in [3.8, 4) is 5.75 Å². The van der Waals surface area contributed by atoms with Gasteiger partial charge in [0.1, 0.15) is 5.75 Å². The van der Waals surface area contributed by atoms with E-state index in [1.165, 1.54) is 7.11 Å². The zero-order valence-electron chi connectivity index (χ0n) is 13.1. The molecular weight excluding hydrogens is 268 g/mol. The van der Waals surface area contributed by atoms with Crippen molar-refractivity contribution in [1.29, 1.82) is 0 Å². The highest BCUT2D eigenvalue weighted by Gasteiger charge is 2.19. The van der Waals surface area contributed by atoms with Crippen molar-refractivity contribution in [2.75, 3.05) is 20.3 Å². The first kappa shape index (κ1) is 17.2. The number of hydrogen-bond acceptors (Lipinski definition) is 4. The predicted octanol–water partition coefficient (Wildman–Crippen LogP) is 3.15. The van der Waals surface area contributed by atoms with E-state index in [1.54, 1.807) is 0 Å². The van der Waals surface area contributed by atoms with Crippen LogP contribution in [0.5, 0.6) is 5.75 Å². The van der Waals surface area contributed by atoms with Gasteiger partial charge in [0.2, 0.25) is 0 Å². The van der Waals surface area contributed by atoms with Crippen LogP contribution in [-0.4, -0.2) is 32.4 Å². The van der Waals surface area contributed by atoms with Gasteiger partial charge in [-0.3, -0.25) is 0 Å². The summed E-state index contributed by atoms with van der Waals surface area (Å²) in [7, 11) is 1.37. The lowest BCUT2D eigenvalue weighted by molar-refractivity contribution is -0.153. The Hall–Kier alpha value is -1.81. The van der Waals surface area contributed by atoms with Gasteiger partial charge >= 0.3 is 5.97 Å². The second kappa shape index (κ2) is 9.19. The zero-order valence-corrected chi connectivity index (χ0v) is 13.1. The summed E-state index contributed by atoms with van der Waals surface area (Å²) in [6, 6.07) is 7.66. The maximum Gasteiger partial charge on any atom is 0.335 e. The molecule has 1 aromatic carbocycles. The van der Waals surface area contributed by atoms with Crippen LogP contribution in [0.25, 0.3) is 0 Å². The van der Waals surface area contributed by atoms with Gasteiger partial charge in [0.05, 0.1) is 13.7 Å². The van der Waals surface area contributed by atoms with E-state index in [-0.39, 0.29) is 5.97 Å². The molecule has 4 nitrogen and oxygen atoms in total. The summed E-state index contributed by atoms with van der Waals surface area (Å²) in [6.45, 7) is 8.77. The molecule has 0 aliphatic carbocycles. The molecule has 0 saturated carbocycles. The smallest absolute Gasteiger partial charge is 0.335 e. The van der Waals surface area contributed by atoms with Crippen LogP contribution in [0.4, 0.5) is 0 Å². The monoisotopic (exact) mass is 292 g/mol. The van der Waals surface area contributed by atoms with Crippen LogP contribution >= 0.6 is 0 Å². The van der Waals surface area contributed by atoms with Crippen molar-refractivity contribution in [1.82, 2.24) is 0 Å². The molecule has 1 atom stereocenters. The second-order valence-electron chi connectivity index (χ2n) is 4.87. The molecule has 0 aromatic heterocycles. The number of rotatable bonds is 9. The topological polar surface area (TPSA) is 44.8 Å². The van der Waals surface area contributed by atoms with E-state index in [1.807, 2.05) is 38.1 Å². The maximum atomic E-state index is 11.6. The maximum absolute atomic E-state index is 11.6. The Labute approximate surface area is 126 Å². The molecule has 0 saturated heterocycles. The molecule has 0 bridgehead atoms. The van der Waals surface area contributed by atoms with Crippen LogP contribution < -0.4 is 4.74 Å². The van der Waals surface area contributed by atoms with Gasteiger partial charge in [-0.1, -0.05) is 17.7 Å². The van der Waals surface area contributed by atoms with E-state index in [4.69, 9.17) is 14.2 Å². The summed E-state index contributed by atoms with van der Waals surface area (Å²) in [6.07, 6.45) is 0.776. The van der Waals surface area contributed by atoms with Gasteiger partial charge < -0.3 is 14.2 Å². The first-order chi connectivity index (χ1) is 10.1. The van der Waals surface area contributed by atoms with Crippen molar-refractivity contribution in [2.45, 2.75) is 32.8 Å². The van der Waals surface area contributed by atoms with E-state index >= 15 is 0 Å². The molecule has 0 heterocycles. The van der Waals surface area contributed by atoms with Gasteiger partial charge in [0.15, 0.2) is 6.10 Å². The van der Waals surface area contributed by atoms with E-state index in [0.717, 1.165) is 23.3 Å². The predicted molar refractivity (Wildman–Crippen MR) is 82.5 cm³/mol. The normalized spacial score (nSPS) is 11.8. The Morgan fingerprint density at radius 2 is 1.95 bits per heavy atom. The van der Waals surface area contributed by atoms with E-state index in [9.17, 15) is 4.79 Å². The van der Waals surface area contributed by atoms with Crippen LogP contribution in [0.1, 0.15) is 25.8 Å². The molecule has 0 fully saturated rings. The van der Waals surface area contributed by atoms with Gasteiger partial charge in [-0.2, -0.15) is 0 Å². The van der Waals surface area contributed by atoms with Gasteiger partial charge in [0.25, 0.3) is 0 Å². The lowest BCUT2D eigenvalue weighted by Gasteiger charge is -2.15. The van der Waals surface area contributed by atoms with E-state index < -0.39 is 6.10 Å². The fraction of sp³-hybridized carbons (Fsp3) is 0.471. The largest absolute Gasteiger partial charge is 0.493 e. The van der Waals surface area contributed by atoms with Gasteiger partial charge in [0, 0.05) is 19.4 Å². The molecule has 0 radical (unpaired) electrons. The first-order valence-electron chi connectivity index (χ1n) is 7.12. The lowest BCUT2D eigenvalue weighted by atomic mass is 10.1. The van der Waals surface area contributed by atoms with Crippen LogP contribution in [-0.2, 0) is 20.7 Å². The molecular formula is C17H24O4. The minimum absolute atomic E-state index is 0.348. The number of methoxy groups -OCH3 is 1. The van der Waals surface area contributed by atoms with E-state index in [2.05, 4.69) is 6.58 Å². The SMILES string of the molecule is C=C(C)CCOc1ccc(CC(OCC)C(=O)OC)cc1. The molecule has 0 amide bonds. The molecule has 4 heteroatoms. The Kier molecular flexibility index (Phi) is 7.54. The number of hydrogen-bond donors (Lipinski definition) is 0. The minimum Gasteiger partial charge on any atom is -0.493 e. The van der Waals surface area contributed by atoms with Crippen molar-refractivity contribution in [3.05, 3.63) is 42.0 Å². The third-order valence-electron chi connectivity index (χ3n) is 2.97. The summed E-state index contributed by atoms with van der Waals surface area (Å²) in [5.41, 5.74) is 2.11. The van der Waals surface area contributed by atoms with Gasteiger partial charge in [-0.05, 0) is 31.5 Å². The van der Waals surface area contributed by atoms with Crippen LogP contribution in [0.3, 0.4) is 0 Å². The third-order valence-corrected chi connectivity index (χ3v) is 2.97. The quantitative estimate of drug-likeness (QED) is 0.518. The van der Waals surface area contributed by atoms with Gasteiger partial charge in [-0.15, -0.1) is 6.58 Å². The van der Waals surface area contributed by atoms with Crippen molar-refractivity contribution in [2.24, 2.45) is 0 Å². The van der Waals surface area contributed by atoms with Crippen LogP contribution in [0.15, 0.2) is 36.4 Å². The molecule has 1 unspecified atom stereocenters. The van der Waals surface area contributed by atoms with E-state index in [0.29, 0.717) is 19.6 Å². The lowest BCUT2D eigenvalue weighted by Crippen LogP contribution is -2.28. The average Bonchev–Trinajstić information content (AvgIpc) is 2.47. The highest BCUT2D eigenvalue weighted by molar-refractivity contribution is 5.74. The van der Waals surface area contributed by atoms with Crippen molar-refractivity contribution < 1.29 is 19.0 Å². The van der Waals surface area contributed by atoms with Crippen molar-refractivity contribution >= 4 is 5.97 Å². The molecule has 116 valence electrons. The third kappa shape index (κ3) is 6.45. The average molecular weight is 292 g/mol.